The van der Waals surface area contributed by atoms with E-state index >= 15 is 0 Å². The van der Waals surface area contributed by atoms with E-state index < -0.39 is 59.1 Å². The molecule has 0 radical (unpaired) electrons. The maximum absolute atomic E-state index is 14.1. The Morgan fingerprint density at radius 3 is 2.05 bits per heavy atom. The van der Waals surface area contributed by atoms with Crippen molar-refractivity contribution in [2.45, 2.75) is 50.4 Å². The first-order valence-corrected chi connectivity index (χ1v) is 11.5. The zero-order chi connectivity index (χ0) is 28.8. The lowest BCUT2D eigenvalue weighted by Gasteiger charge is -2.30. The first-order valence-electron chi connectivity index (χ1n) is 11.5. The van der Waals surface area contributed by atoms with Crippen LogP contribution in [0.25, 0.3) is 0 Å². The number of rotatable bonds is 6. The van der Waals surface area contributed by atoms with Crippen molar-refractivity contribution in [3.63, 3.8) is 0 Å². The topological polar surface area (TPSA) is 54.5 Å². The SMILES string of the molecule is CC(C)(NC1CC(c2cc(F)cc(F)c2)N(c2ccc(OC(F)(F)F)cc2)C1=O)c1ccc(C(F)(F)F)nc1. The van der Waals surface area contributed by atoms with Crippen LogP contribution in [-0.4, -0.2) is 23.3 Å². The molecule has 0 spiro atoms. The summed E-state index contributed by atoms with van der Waals surface area (Å²) in [4.78, 5) is 18.2. The molecule has 2 heterocycles. The third-order valence-electron chi connectivity index (χ3n) is 6.23. The van der Waals surface area contributed by atoms with Crippen molar-refractivity contribution in [2.24, 2.45) is 0 Å². The van der Waals surface area contributed by atoms with E-state index in [9.17, 15) is 39.9 Å². The van der Waals surface area contributed by atoms with Crippen LogP contribution in [0, 0.1) is 11.6 Å². The minimum absolute atomic E-state index is 0.0139. The number of pyridine rings is 1. The van der Waals surface area contributed by atoms with Gasteiger partial charge in [0.2, 0.25) is 5.91 Å². The molecule has 39 heavy (non-hydrogen) atoms. The van der Waals surface area contributed by atoms with Gasteiger partial charge < -0.3 is 9.64 Å². The Morgan fingerprint density at radius 1 is 0.923 bits per heavy atom. The van der Waals surface area contributed by atoms with E-state index in [4.69, 9.17) is 0 Å². The average Bonchev–Trinajstić information content (AvgIpc) is 3.13. The summed E-state index contributed by atoms with van der Waals surface area (Å²) in [7, 11) is 0. The highest BCUT2D eigenvalue weighted by molar-refractivity contribution is 6.00. The number of benzene rings is 2. The van der Waals surface area contributed by atoms with Crippen LogP contribution in [0.5, 0.6) is 5.75 Å². The van der Waals surface area contributed by atoms with Crippen LogP contribution in [0.2, 0.25) is 0 Å². The van der Waals surface area contributed by atoms with Crippen LogP contribution in [-0.2, 0) is 16.5 Å². The first-order chi connectivity index (χ1) is 18.0. The quantitative estimate of drug-likeness (QED) is 0.344. The van der Waals surface area contributed by atoms with E-state index in [1.807, 2.05) is 0 Å². The molecule has 1 N–H and O–H groups in total. The minimum Gasteiger partial charge on any atom is -0.406 e. The second kappa shape index (κ2) is 10.1. The van der Waals surface area contributed by atoms with Crippen LogP contribution < -0.4 is 15.0 Å². The van der Waals surface area contributed by atoms with Gasteiger partial charge in [-0.1, -0.05) is 6.07 Å². The standard InChI is InChI=1S/C26H21F8N3O2/c1-24(2,15-3-8-22(35-13-15)25(29,30)31)36-20-12-21(14-9-16(27)11-17(28)10-14)37(23(20)38)18-4-6-19(7-5-18)39-26(32,33)34/h3-11,13,20-21,36H,12H2,1-2H3. The summed E-state index contributed by atoms with van der Waals surface area (Å²) in [6, 6.07) is 7.28. The van der Waals surface area contributed by atoms with Gasteiger partial charge in [0.15, 0.2) is 0 Å². The van der Waals surface area contributed by atoms with Crippen LogP contribution in [0.3, 0.4) is 0 Å². The van der Waals surface area contributed by atoms with Gasteiger partial charge in [0.25, 0.3) is 0 Å². The molecule has 1 aliphatic rings. The van der Waals surface area contributed by atoms with E-state index in [-0.39, 0.29) is 17.7 Å². The molecule has 1 aliphatic heterocycles. The van der Waals surface area contributed by atoms with Crippen molar-refractivity contribution in [1.29, 1.82) is 0 Å². The molecule has 1 saturated heterocycles. The van der Waals surface area contributed by atoms with Crippen LogP contribution in [0.15, 0.2) is 60.8 Å². The maximum Gasteiger partial charge on any atom is 0.573 e. The fourth-order valence-corrected chi connectivity index (χ4v) is 4.49. The Balaban J connectivity index is 1.66. The molecule has 3 aromatic rings. The first kappa shape index (κ1) is 28.3. The molecule has 2 atom stereocenters. The molecule has 1 fully saturated rings. The third-order valence-corrected chi connectivity index (χ3v) is 6.23. The second-order valence-corrected chi connectivity index (χ2v) is 9.46. The molecular formula is C26H21F8N3O2. The summed E-state index contributed by atoms with van der Waals surface area (Å²) >= 11 is 0. The number of alkyl halides is 6. The van der Waals surface area contributed by atoms with Crippen molar-refractivity contribution in [1.82, 2.24) is 10.3 Å². The Hall–Kier alpha value is -3.74. The highest BCUT2D eigenvalue weighted by Crippen LogP contribution is 2.40. The fourth-order valence-electron chi connectivity index (χ4n) is 4.49. The van der Waals surface area contributed by atoms with E-state index in [2.05, 4.69) is 15.0 Å². The number of hydrogen-bond acceptors (Lipinski definition) is 4. The minimum atomic E-state index is -4.93. The van der Waals surface area contributed by atoms with Crippen LogP contribution in [0.4, 0.5) is 40.8 Å². The van der Waals surface area contributed by atoms with Gasteiger partial charge in [-0.25, -0.2) is 8.78 Å². The molecule has 0 aliphatic carbocycles. The molecule has 5 nitrogen and oxygen atoms in total. The maximum atomic E-state index is 14.1. The lowest BCUT2D eigenvalue weighted by molar-refractivity contribution is -0.274. The van der Waals surface area contributed by atoms with E-state index in [0.717, 1.165) is 36.5 Å². The summed E-state index contributed by atoms with van der Waals surface area (Å²) in [5.41, 5.74) is -1.58. The van der Waals surface area contributed by atoms with E-state index in [0.29, 0.717) is 11.6 Å². The molecule has 208 valence electrons. The summed E-state index contributed by atoms with van der Waals surface area (Å²) < 4.78 is 108. The van der Waals surface area contributed by atoms with Gasteiger partial charge in [0, 0.05) is 23.5 Å². The Labute approximate surface area is 217 Å². The van der Waals surface area contributed by atoms with Gasteiger partial charge in [0.1, 0.15) is 23.1 Å². The Morgan fingerprint density at radius 2 is 1.54 bits per heavy atom. The normalized spacial score (nSPS) is 18.5. The Bertz CT molecular complexity index is 1320. The zero-order valence-corrected chi connectivity index (χ0v) is 20.4. The predicted octanol–water partition coefficient (Wildman–Crippen LogP) is 6.65. The van der Waals surface area contributed by atoms with Gasteiger partial charge in [-0.3, -0.25) is 15.1 Å². The number of hydrogen-bond donors (Lipinski definition) is 1. The number of carbonyl (C=O) groups excluding carboxylic acids is 1. The smallest absolute Gasteiger partial charge is 0.406 e. The number of carbonyl (C=O) groups is 1. The van der Waals surface area contributed by atoms with Crippen molar-refractivity contribution in [2.75, 3.05) is 4.90 Å². The van der Waals surface area contributed by atoms with Gasteiger partial charge >= 0.3 is 12.5 Å². The van der Waals surface area contributed by atoms with Crippen molar-refractivity contribution in [3.05, 3.63) is 89.2 Å². The molecule has 2 unspecified atom stereocenters. The molecule has 1 amide bonds. The summed E-state index contributed by atoms with van der Waals surface area (Å²) in [6.07, 6.45) is -8.54. The molecule has 0 bridgehead atoms. The molecular weight excluding hydrogens is 538 g/mol. The molecule has 4 rings (SSSR count). The summed E-state index contributed by atoms with van der Waals surface area (Å²) in [5, 5.41) is 3.08. The fraction of sp³-hybridized carbons (Fsp3) is 0.308. The largest absolute Gasteiger partial charge is 0.573 e. The highest BCUT2D eigenvalue weighted by Gasteiger charge is 2.44. The van der Waals surface area contributed by atoms with Crippen molar-refractivity contribution in [3.8, 4) is 5.75 Å². The molecule has 2 aromatic carbocycles. The molecule has 0 saturated carbocycles. The predicted molar refractivity (Wildman–Crippen MR) is 124 cm³/mol. The number of nitrogens with zero attached hydrogens (tertiary/aromatic N) is 2. The summed E-state index contributed by atoms with van der Waals surface area (Å²) in [6.45, 7) is 3.24. The van der Waals surface area contributed by atoms with Crippen LogP contribution >= 0.6 is 0 Å². The number of aromatic nitrogens is 1. The number of halogens is 8. The lowest BCUT2D eigenvalue weighted by atomic mass is 9.93. The van der Waals surface area contributed by atoms with E-state index in [1.54, 1.807) is 13.8 Å². The number of nitrogens with one attached hydrogen (secondary N) is 1. The number of ether oxygens (including phenoxy) is 1. The number of amides is 1. The van der Waals surface area contributed by atoms with Gasteiger partial charge in [-0.2, -0.15) is 13.2 Å². The van der Waals surface area contributed by atoms with Crippen LogP contribution in [0.1, 0.15) is 43.1 Å². The van der Waals surface area contributed by atoms with E-state index in [1.165, 1.54) is 23.1 Å². The van der Waals surface area contributed by atoms with Crippen molar-refractivity contribution >= 4 is 11.6 Å². The van der Waals surface area contributed by atoms with Gasteiger partial charge in [-0.15, -0.1) is 13.2 Å². The highest BCUT2D eigenvalue weighted by atomic mass is 19.4. The average molecular weight is 559 g/mol. The van der Waals surface area contributed by atoms with Gasteiger partial charge in [-0.05, 0) is 73.9 Å². The van der Waals surface area contributed by atoms with Gasteiger partial charge in [0.05, 0.1) is 12.1 Å². The zero-order valence-electron chi connectivity index (χ0n) is 20.4. The number of anilines is 1. The van der Waals surface area contributed by atoms with Crippen molar-refractivity contribution < 1.29 is 44.7 Å². The lowest BCUT2D eigenvalue weighted by Crippen LogP contribution is -2.47. The Kier molecular flexibility index (Phi) is 7.32. The molecule has 1 aromatic heterocycles. The monoisotopic (exact) mass is 559 g/mol. The second-order valence-electron chi connectivity index (χ2n) is 9.46. The third kappa shape index (κ3) is 6.47. The summed E-state index contributed by atoms with van der Waals surface area (Å²) in [5.74, 6) is -2.88. The molecule has 13 heteroatoms.